The second-order valence-corrected chi connectivity index (χ2v) is 8.24. The zero-order chi connectivity index (χ0) is 22.7. The quantitative estimate of drug-likeness (QED) is 0.507. The Morgan fingerprint density at radius 1 is 1.12 bits per heavy atom. The predicted octanol–water partition coefficient (Wildman–Crippen LogP) is 4.94. The molecule has 0 bridgehead atoms. The maximum Gasteiger partial charge on any atom is 0.573 e. The van der Waals surface area contributed by atoms with Gasteiger partial charge in [-0.1, -0.05) is 17.7 Å². The van der Waals surface area contributed by atoms with Crippen molar-refractivity contribution in [3.05, 3.63) is 64.8 Å². The van der Waals surface area contributed by atoms with Crippen LogP contribution >= 0.6 is 0 Å². The molecule has 1 aliphatic rings. The van der Waals surface area contributed by atoms with Crippen LogP contribution in [0, 0.1) is 6.92 Å². The summed E-state index contributed by atoms with van der Waals surface area (Å²) in [5, 5.41) is 3.96. The SMILES string of the molecule is Cc1ccc2[nH]c(C(=O)NCCCCN3CCc4ccc(OC(F)(F)F)cc4C3)cc2c1. The highest BCUT2D eigenvalue weighted by Gasteiger charge is 2.31. The predicted molar refractivity (Wildman–Crippen MR) is 117 cm³/mol. The van der Waals surface area contributed by atoms with Crippen molar-refractivity contribution in [1.82, 2.24) is 15.2 Å². The number of nitrogens with one attached hydrogen (secondary N) is 2. The summed E-state index contributed by atoms with van der Waals surface area (Å²) >= 11 is 0. The van der Waals surface area contributed by atoms with Crippen molar-refractivity contribution in [2.24, 2.45) is 0 Å². The topological polar surface area (TPSA) is 57.4 Å². The third-order valence-corrected chi connectivity index (χ3v) is 5.71. The normalized spacial score (nSPS) is 14.4. The monoisotopic (exact) mass is 445 g/mol. The Hall–Kier alpha value is -3.00. The number of rotatable bonds is 7. The first kappa shape index (κ1) is 22.2. The molecule has 3 aromatic rings. The third kappa shape index (κ3) is 5.62. The third-order valence-electron chi connectivity index (χ3n) is 5.71. The number of halogens is 3. The highest BCUT2D eigenvalue weighted by molar-refractivity contribution is 5.98. The standard InChI is InChI=1S/C24H26F3N3O2/c1-16-4-7-21-18(12-16)14-22(29-21)23(31)28-9-2-3-10-30-11-8-17-5-6-20(13-19(17)15-30)32-24(25,26)27/h4-7,12-14,29H,2-3,8-11,15H2,1H3,(H,28,31). The number of amides is 1. The van der Waals surface area contributed by atoms with Gasteiger partial charge in [-0.25, -0.2) is 0 Å². The first-order valence-corrected chi connectivity index (χ1v) is 10.7. The number of alkyl halides is 3. The second-order valence-electron chi connectivity index (χ2n) is 8.24. The van der Waals surface area contributed by atoms with Crippen LogP contribution in [0.4, 0.5) is 13.2 Å². The van der Waals surface area contributed by atoms with Gasteiger partial charge in [0.15, 0.2) is 0 Å². The molecule has 2 heterocycles. The van der Waals surface area contributed by atoms with E-state index in [2.05, 4.69) is 19.9 Å². The van der Waals surface area contributed by atoms with E-state index in [4.69, 9.17) is 0 Å². The molecule has 0 unspecified atom stereocenters. The average Bonchev–Trinajstić information content (AvgIpc) is 3.15. The van der Waals surface area contributed by atoms with Gasteiger partial charge in [-0.05, 0) is 74.2 Å². The Balaban J connectivity index is 1.21. The number of nitrogens with zero attached hydrogens (tertiary/aromatic N) is 1. The number of aromatic amines is 1. The van der Waals surface area contributed by atoms with E-state index in [-0.39, 0.29) is 11.7 Å². The van der Waals surface area contributed by atoms with Gasteiger partial charge in [0.1, 0.15) is 11.4 Å². The van der Waals surface area contributed by atoms with Gasteiger partial charge in [-0.2, -0.15) is 0 Å². The summed E-state index contributed by atoms with van der Waals surface area (Å²) in [4.78, 5) is 17.8. The zero-order valence-electron chi connectivity index (χ0n) is 17.9. The lowest BCUT2D eigenvalue weighted by molar-refractivity contribution is -0.274. The summed E-state index contributed by atoms with van der Waals surface area (Å²) < 4.78 is 41.4. The van der Waals surface area contributed by atoms with Crippen LogP contribution in [-0.4, -0.2) is 41.8 Å². The number of aromatic nitrogens is 1. The second kappa shape index (κ2) is 9.24. The summed E-state index contributed by atoms with van der Waals surface area (Å²) in [6.07, 6.45) is -2.16. The van der Waals surface area contributed by atoms with Crippen LogP contribution in [0.25, 0.3) is 10.9 Å². The van der Waals surface area contributed by atoms with Crippen LogP contribution in [0.5, 0.6) is 5.75 Å². The number of H-pyrrole nitrogens is 1. The molecule has 32 heavy (non-hydrogen) atoms. The fraction of sp³-hybridized carbons (Fsp3) is 0.375. The van der Waals surface area contributed by atoms with Crippen molar-refractivity contribution < 1.29 is 22.7 Å². The van der Waals surface area contributed by atoms with Gasteiger partial charge in [0.25, 0.3) is 5.91 Å². The summed E-state index contributed by atoms with van der Waals surface area (Å²) in [6, 6.07) is 12.4. The zero-order valence-corrected chi connectivity index (χ0v) is 17.9. The number of hydrogen-bond donors (Lipinski definition) is 2. The van der Waals surface area contributed by atoms with Gasteiger partial charge >= 0.3 is 6.36 Å². The molecule has 1 amide bonds. The molecule has 1 aliphatic heterocycles. The summed E-state index contributed by atoms with van der Waals surface area (Å²) in [7, 11) is 0. The number of benzene rings is 2. The van der Waals surface area contributed by atoms with Crippen LogP contribution in [-0.2, 0) is 13.0 Å². The number of ether oxygens (including phenoxy) is 1. The van der Waals surface area contributed by atoms with Crippen molar-refractivity contribution in [2.75, 3.05) is 19.6 Å². The first-order chi connectivity index (χ1) is 15.3. The van der Waals surface area contributed by atoms with Crippen molar-refractivity contribution in [3.63, 3.8) is 0 Å². The molecule has 0 fully saturated rings. The molecule has 0 atom stereocenters. The molecule has 5 nitrogen and oxygen atoms in total. The number of unbranched alkanes of at least 4 members (excludes halogenated alkanes) is 1. The van der Waals surface area contributed by atoms with Crippen LogP contribution in [0.3, 0.4) is 0 Å². The van der Waals surface area contributed by atoms with Gasteiger partial charge in [0.2, 0.25) is 0 Å². The van der Waals surface area contributed by atoms with Crippen molar-refractivity contribution in [2.45, 2.75) is 39.1 Å². The van der Waals surface area contributed by atoms with E-state index in [0.29, 0.717) is 18.8 Å². The van der Waals surface area contributed by atoms with Gasteiger partial charge in [-0.3, -0.25) is 9.69 Å². The molecule has 0 aliphatic carbocycles. The number of aryl methyl sites for hydroxylation is 1. The molecule has 0 radical (unpaired) electrons. The molecular weight excluding hydrogens is 419 g/mol. The fourth-order valence-corrected chi connectivity index (χ4v) is 4.11. The van der Waals surface area contributed by atoms with E-state index in [1.54, 1.807) is 6.07 Å². The smallest absolute Gasteiger partial charge is 0.406 e. The molecule has 4 rings (SSSR count). The van der Waals surface area contributed by atoms with E-state index >= 15 is 0 Å². The van der Waals surface area contributed by atoms with Gasteiger partial charge in [-0.15, -0.1) is 13.2 Å². The lowest BCUT2D eigenvalue weighted by atomic mass is 9.99. The molecule has 2 N–H and O–H groups in total. The Morgan fingerprint density at radius 2 is 1.97 bits per heavy atom. The maximum absolute atomic E-state index is 12.5. The minimum Gasteiger partial charge on any atom is -0.406 e. The van der Waals surface area contributed by atoms with E-state index in [9.17, 15) is 18.0 Å². The molecule has 0 spiro atoms. The van der Waals surface area contributed by atoms with E-state index in [0.717, 1.165) is 59.9 Å². The van der Waals surface area contributed by atoms with E-state index in [1.807, 2.05) is 31.2 Å². The Bertz CT molecular complexity index is 1110. The van der Waals surface area contributed by atoms with Crippen molar-refractivity contribution in [1.29, 1.82) is 0 Å². The highest BCUT2D eigenvalue weighted by atomic mass is 19.4. The molecule has 0 saturated carbocycles. The minimum absolute atomic E-state index is 0.122. The molecule has 8 heteroatoms. The number of carbonyl (C=O) groups is 1. The van der Waals surface area contributed by atoms with Crippen LogP contribution in [0.15, 0.2) is 42.5 Å². The van der Waals surface area contributed by atoms with E-state index in [1.165, 1.54) is 12.1 Å². The number of fused-ring (bicyclic) bond motifs is 2. The Morgan fingerprint density at radius 3 is 2.78 bits per heavy atom. The van der Waals surface area contributed by atoms with Crippen molar-refractivity contribution >= 4 is 16.8 Å². The number of hydrogen-bond acceptors (Lipinski definition) is 3. The fourth-order valence-electron chi connectivity index (χ4n) is 4.11. The maximum atomic E-state index is 12.5. The Kier molecular flexibility index (Phi) is 6.41. The van der Waals surface area contributed by atoms with Gasteiger partial charge in [0, 0.05) is 30.5 Å². The lowest BCUT2D eigenvalue weighted by Crippen LogP contribution is -2.32. The molecule has 0 saturated heterocycles. The average molecular weight is 445 g/mol. The molecule has 1 aromatic heterocycles. The van der Waals surface area contributed by atoms with E-state index < -0.39 is 6.36 Å². The summed E-state index contributed by atoms with van der Waals surface area (Å²) in [5.41, 5.74) is 4.58. The van der Waals surface area contributed by atoms with Gasteiger partial charge < -0.3 is 15.0 Å². The summed E-state index contributed by atoms with van der Waals surface area (Å²) in [6.45, 7) is 4.88. The first-order valence-electron chi connectivity index (χ1n) is 10.7. The highest BCUT2D eigenvalue weighted by Crippen LogP contribution is 2.28. The molecular formula is C24H26F3N3O2. The van der Waals surface area contributed by atoms with Gasteiger partial charge in [0.05, 0.1) is 0 Å². The largest absolute Gasteiger partial charge is 0.573 e. The molecule has 2 aromatic carbocycles. The Labute approximate surface area is 184 Å². The van der Waals surface area contributed by atoms with Crippen molar-refractivity contribution in [3.8, 4) is 5.75 Å². The summed E-state index contributed by atoms with van der Waals surface area (Å²) in [5.74, 6) is -0.295. The molecule has 170 valence electrons. The lowest BCUT2D eigenvalue weighted by Gasteiger charge is -2.29. The van der Waals surface area contributed by atoms with Crippen LogP contribution in [0.2, 0.25) is 0 Å². The van der Waals surface area contributed by atoms with Crippen LogP contribution in [0.1, 0.15) is 40.0 Å². The van der Waals surface area contributed by atoms with Crippen LogP contribution < -0.4 is 10.1 Å². The number of carbonyl (C=O) groups excluding carboxylic acids is 1. The minimum atomic E-state index is -4.68.